The monoisotopic (exact) mass is 376 g/mol. The fourth-order valence-electron chi connectivity index (χ4n) is 2.80. The van der Waals surface area contributed by atoms with Crippen molar-refractivity contribution in [3.05, 3.63) is 53.0 Å². The van der Waals surface area contributed by atoms with E-state index in [1.807, 2.05) is 32.9 Å². The number of nitrogens with one attached hydrogen (secondary N) is 2. The van der Waals surface area contributed by atoms with Crippen LogP contribution in [0, 0.1) is 13.8 Å². The number of hydrogen-bond acceptors (Lipinski definition) is 4. The van der Waals surface area contributed by atoms with Crippen LogP contribution in [-0.4, -0.2) is 19.6 Å². The van der Waals surface area contributed by atoms with E-state index < -0.39 is 10.0 Å². The second-order valence-electron chi connectivity index (χ2n) is 6.78. The summed E-state index contributed by atoms with van der Waals surface area (Å²) in [6.07, 6.45) is 1.99. The minimum atomic E-state index is -3.44. The highest BCUT2D eigenvalue weighted by atomic mass is 32.2. The smallest absolute Gasteiger partial charge is 0.254 e. The summed E-state index contributed by atoms with van der Waals surface area (Å²) in [6, 6.07) is 8.55. The summed E-state index contributed by atoms with van der Waals surface area (Å²) in [4.78, 5) is 12.9. The Kier molecular flexibility index (Phi) is 5.09. The third kappa shape index (κ3) is 4.09. The van der Waals surface area contributed by atoms with E-state index in [0.29, 0.717) is 36.3 Å². The van der Waals surface area contributed by atoms with Gasteiger partial charge in [0.25, 0.3) is 5.91 Å². The molecule has 1 aliphatic carbocycles. The lowest BCUT2D eigenvalue weighted by atomic mass is 10.1. The Morgan fingerprint density at radius 3 is 2.54 bits per heavy atom. The fraction of sp³-hybridized carbons (Fsp3) is 0.421. The Morgan fingerprint density at radius 1 is 1.23 bits per heavy atom. The Balaban J connectivity index is 1.84. The molecule has 1 aromatic carbocycles. The van der Waals surface area contributed by atoms with Crippen molar-refractivity contribution in [2.45, 2.75) is 51.3 Å². The SMILES string of the molecule is CCC(NC(=O)c1cc(C)ccc1NS(=O)(=O)C1CC1)c1ccc(C)o1. The van der Waals surface area contributed by atoms with Crippen LogP contribution in [0.15, 0.2) is 34.7 Å². The summed E-state index contributed by atoms with van der Waals surface area (Å²) < 4.78 is 32.7. The van der Waals surface area contributed by atoms with Gasteiger partial charge in [0, 0.05) is 0 Å². The van der Waals surface area contributed by atoms with Crippen LogP contribution in [-0.2, 0) is 10.0 Å². The number of rotatable bonds is 7. The minimum Gasteiger partial charge on any atom is -0.464 e. The van der Waals surface area contributed by atoms with Gasteiger partial charge in [0.2, 0.25) is 10.0 Å². The molecule has 1 unspecified atom stereocenters. The van der Waals surface area contributed by atoms with Gasteiger partial charge in [-0.05, 0) is 57.4 Å². The van der Waals surface area contributed by atoms with E-state index in [0.717, 1.165) is 11.3 Å². The molecule has 0 aliphatic heterocycles. The molecular weight excluding hydrogens is 352 g/mol. The van der Waals surface area contributed by atoms with Crippen molar-refractivity contribution in [2.24, 2.45) is 0 Å². The number of amides is 1. The van der Waals surface area contributed by atoms with E-state index in [2.05, 4.69) is 10.0 Å². The van der Waals surface area contributed by atoms with Crippen LogP contribution in [0.3, 0.4) is 0 Å². The molecule has 6 nitrogen and oxygen atoms in total. The van der Waals surface area contributed by atoms with E-state index in [-0.39, 0.29) is 17.2 Å². The van der Waals surface area contributed by atoms with Crippen molar-refractivity contribution in [1.82, 2.24) is 5.32 Å². The average molecular weight is 376 g/mol. The third-order valence-electron chi connectivity index (χ3n) is 4.45. The Labute approximate surface area is 154 Å². The fourth-order valence-corrected chi connectivity index (χ4v) is 4.21. The molecule has 0 radical (unpaired) electrons. The molecule has 1 heterocycles. The first-order valence-electron chi connectivity index (χ1n) is 8.79. The van der Waals surface area contributed by atoms with Crippen LogP contribution < -0.4 is 10.0 Å². The molecule has 1 aromatic heterocycles. The summed E-state index contributed by atoms with van der Waals surface area (Å²) in [6.45, 7) is 5.67. The normalized spacial score (nSPS) is 15.5. The zero-order valence-electron chi connectivity index (χ0n) is 15.2. The topological polar surface area (TPSA) is 88.4 Å². The second-order valence-corrected chi connectivity index (χ2v) is 8.74. The highest BCUT2D eigenvalue weighted by molar-refractivity contribution is 7.93. The quantitative estimate of drug-likeness (QED) is 0.771. The zero-order chi connectivity index (χ0) is 18.9. The van der Waals surface area contributed by atoms with Gasteiger partial charge in [-0.3, -0.25) is 9.52 Å². The molecule has 1 saturated carbocycles. The maximum atomic E-state index is 12.9. The van der Waals surface area contributed by atoms with Crippen LogP contribution in [0.2, 0.25) is 0 Å². The van der Waals surface area contributed by atoms with E-state index in [1.165, 1.54) is 0 Å². The van der Waals surface area contributed by atoms with Gasteiger partial charge < -0.3 is 9.73 Å². The summed E-state index contributed by atoms with van der Waals surface area (Å²) in [5.74, 6) is 1.13. The number of aryl methyl sites for hydroxylation is 2. The van der Waals surface area contributed by atoms with Crippen LogP contribution >= 0.6 is 0 Å². The lowest BCUT2D eigenvalue weighted by Crippen LogP contribution is -2.29. The molecule has 1 aliphatic rings. The van der Waals surface area contributed by atoms with Gasteiger partial charge in [-0.15, -0.1) is 0 Å². The largest absolute Gasteiger partial charge is 0.464 e. The number of sulfonamides is 1. The average Bonchev–Trinajstić information content (AvgIpc) is 3.37. The van der Waals surface area contributed by atoms with E-state index >= 15 is 0 Å². The van der Waals surface area contributed by atoms with Gasteiger partial charge in [-0.1, -0.05) is 18.6 Å². The highest BCUT2D eigenvalue weighted by Gasteiger charge is 2.36. The Hall–Kier alpha value is -2.28. The van der Waals surface area contributed by atoms with Crippen LogP contribution in [0.5, 0.6) is 0 Å². The maximum absolute atomic E-state index is 12.9. The van der Waals surface area contributed by atoms with Crippen LogP contribution in [0.25, 0.3) is 0 Å². The standard InChI is InChI=1S/C19H24N2O4S/c1-4-16(18-10-6-13(3)25-18)20-19(22)15-11-12(2)5-9-17(15)21-26(23,24)14-7-8-14/h5-6,9-11,14,16,21H,4,7-8H2,1-3H3,(H,20,22). The van der Waals surface area contributed by atoms with Crippen molar-refractivity contribution in [3.63, 3.8) is 0 Å². The zero-order valence-corrected chi connectivity index (χ0v) is 16.0. The third-order valence-corrected chi connectivity index (χ3v) is 6.31. The molecule has 7 heteroatoms. The molecule has 2 aromatic rings. The lowest BCUT2D eigenvalue weighted by molar-refractivity contribution is 0.0931. The molecule has 140 valence electrons. The molecule has 1 amide bonds. The van der Waals surface area contributed by atoms with Gasteiger partial charge >= 0.3 is 0 Å². The van der Waals surface area contributed by atoms with Gasteiger partial charge in [-0.25, -0.2) is 8.42 Å². The number of benzene rings is 1. The van der Waals surface area contributed by atoms with Gasteiger partial charge in [0.05, 0.1) is 22.5 Å². The molecule has 3 rings (SSSR count). The molecule has 1 fully saturated rings. The first-order valence-corrected chi connectivity index (χ1v) is 10.3. The molecule has 0 saturated heterocycles. The predicted octanol–water partition coefficient (Wildman–Crippen LogP) is 3.68. The molecule has 1 atom stereocenters. The summed E-state index contributed by atoms with van der Waals surface area (Å²) in [5.41, 5.74) is 1.51. The second kappa shape index (κ2) is 7.15. The van der Waals surface area contributed by atoms with Crippen molar-refractivity contribution < 1.29 is 17.6 Å². The summed E-state index contributed by atoms with van der Waals surface area (Å²) in [7, 11) is -3.44. The molecular formula is C19H24N2O4S. The van der Waals surface area contributed by atoms with Crippen molar-refractivity contribution in [2.75, 3.05) is 4.72 Å². The minimum absolute atomic E-state index is 0.274. The molecule has 0 bridgehead atoms. The van der Waals surface area contributed by atoms with Crippen molar-refractivity contribution in [3.8, 4) is 0 Å². The van der Waals surface area contributed by atoms with Crippen LogP contribution in [0.4, 0.5) is 5.69 Å². The number of anilines is 1. The lowest BCUT2D eigenvalue weighted by Gasteiger charge is -2.17. The number of furan rings is 1. The molecule has 0 spiro atoms. The Morgan fingerprint density at radius 2 is 1.96 bits per heavy atom. The van der Waals surface area contributed by atoms with Gasteiger partial charge in [-0.2, -0.15) is 0 Å². The van der Waals surface area contributed by atoms with Gasteiger partial charge in [0.15, 0.2) is 0 Å². The van der Waals surface area contributed by atoms with E-state index in [1.54, 1.807) is 18.2 Å². The summed E-state index contributed by atoms with van der Waals surface area (Å²) in [5, 5.41) is 2.59. The van der Waals surface area contributed by atoms with Crippen molar-refractivity contribution in [1.29, 1.82) is 0 Å². The first-order chi connectivity index (χ1) is 12.3. The Bertz CT molecular complexity index is 913. The number of carbonyl (C=O) groups excluding carboxylic acids is 1. The summed E-state index contributed by atoms with van der Waals surface area (Å²) >= 11 is 0. The van der Waals surface area contributed by atoms with E-state index in [9.17, 15) is 13.2 Å². The molecule has 26 heavy (non-hydrogen) atoms. The first kappa shape index (κ1) is 18.5. The van der Waals surface area contributed by atoms with E-state index in [4.69, 9.17) is 4.42 Å². The van der Waals surface area contributed by atoms with Gasteiger partial charge in [0.1, 0.15) is 11.5 Å². The number of hydrogen-bond donors (Lipinski definition) is 2. The molecule has 2 N–H and O–H groups in total. The van der Waals surface area contributed by atoms with Crippen molar-refractivity contribution >= 4 is 21.6 Å². The highest BCUT2D eigenvalue weighted by Crippen LogP contribution is 2.31. The number of carbonyl (C=O) groups is 1. The maximum Gasteiger partial charge on any atom is 0.254 e. The van der Waals surface area contributed by atoms with Crippen LogP contribution in [0.1, 0.15) is 59.7 Å². The predicted molar refractivity (Wildman–Crippen MR) is 101 cm³/mol.